The molecule has 1 atom stereocenters. The molecule has 1 N–H and O–H groups in total. The number of hydrogen-bond acceptors (Lipinski definition) is 5. The van der Waals surface area contributed by atoms with E-state index in [1.54, 1.807) is 17.0 Å². The van der Waals surface area contributed by atoms with Crippen LogP contribution in [0.4, 0.5) is 4.79 Å². The number of carbonyl (C=O) groups is 2. The summed E-state index contributed by atoms with van der Waals surface area (Å²) in [6.45, 7) is 6.94. The lowest BCUT2D eigenvalue weighted by molar-refractivity contribution is 0.0291. The molecule has 6 nitrogen and oxygen atoms in total. The molecule has 1 aromatic heterocycles. The van der Waals surface area contributed by atoms with Crippen molar-refractivity contribution in [3.05, 3.63) is 24.2 Å². The fourth-order valence-corrected chi connectivity index (χ4v) is 2.18. The zero-order valence-electron chi connectivity index (χ0n) is 12.7. The molecule has 0 aromatic carbocycles. The Morgan fingerprint density at radius 3 is 2.86 bits per heavy atom. The molecule has 116 valence electrons. The molecule has 1 aromatic rings. The van der Waals surface area contributed by atoms with E-state index >= 15 is 0 Å². The first-order valence-corrected chi connectivity index (χ1v) is 7.13. The second-order valence-corrected chi connectivity index (χ2v) is 6.19. The molecule has 1 unspecified atom stereocenters. The van der Waals surface area contributed by atoms with E-state index in [0.29, 0.717) is 18.8 Å². The van der Waals surface area contributed by atoms with Gasteiger partial charge in [-0.3, -0.25) is 4.79 Å². The smallest absolute Gasteiger partial charge is 0.410 e. The summed E-state index contributed by atoms with van der Waals surface area (Å²) in [6, 6.07) is 3.44. The molecule has 1 aliphatic heterocycles. The van der Waals surface area contributed by atoms with Gasteiger partial charge in [0.1, 0.15) is 5.60 Å². The van der Waals surface area contributed by atoms with Crippen LogP contribution in [0.5, 0.6) is 0 Å². The molecule has 6 heteroatoms. The van der Waals surface area contributed by atoms with E-state index < -0.39 is 5.60 Å². The third kappa shape index (κ3) is 4.60. The topological polar surface area (TPSA) is 71.8 Å². The van der Waals surface area contributed by atoms with Gasteiger partial charge in [-0.05, 0) is 39.3 Å². The van der Waals surface area contributed by atoms with Crippen LogP contribution in [0, 0.1) is 0 Å². The Kier molecular flexibility index (Phi) is 4.67. The van der Waals surface area contributed by atoms with Crippen molar-refractivity contribution in [2.45, 2.75) is 38.8 Å². The van der Waals surface area contributed by atoms with Crippen molar-refractivity contribution in [3.8, 4) is 0 Å². The monoisotopic (exact) mass is 294 g/mol. The number of nitrogens with one attached hydrogen (secondary N) is 1. The number of rotatable bonds is 4. The maximum Gasteiger partial charge on any atom is 0.410 e. The predicted octanol–water partition coefficient (Wildman–Crippen LogP) is 2.06. The van der Waals surface area contributed by atoms with Crippen LogP contribution >= 0.6 is 0 Å². The fourth-order valence-electron chi connectivity index (χ4n) is 2.18. The number of ketones is 1. The first-order chi connectivity index (χ1) is 9.85. The molecule has 0 saturated carbocycles. The maximum atomic E-state index is 11.9. The minimum absolute atomic E-state index is 0.0873. The highest BCUT2D eigenvalue weighted by Crippen LogP contribution is 2.15. The first kappa shape index (κ1) is 15.6. The van der Waals surface area contributed by atoms with E-state index in [-0.39, 0.29) is 24.5 Å². The van der Waals surface area contributed by atoms with Gasteiger partial charge in [0.2, 0.25) is 5.78 Å². The van der Waals surface area contributed by atoms with Gasteiger partial charge in [-0.25, -0.2) is 4.79 Å². The lowest BCUT2D eigenvalue weighted by Crippen LogP contribution is -2.39. The van der Waals surface area contributed by atoms with Gasteiger partial charge in [-0.1, -0.05) is 0 Å². The number of furan rings is 1. The van der Waals surface area contributed by atoms with E-state index in [2.05, 4.69) is 5.32 Å². The quantitative estimate of drug-likeness (QED) is 0.861. The SMILES string of the molecule is CC(C)(C)OC(=O)N1CCC(NCC(=O)c2ccco2)C1. The second kappa shape index (κ2) is 6.30. The Morgan fingerprint density at radius 2 is 2.24 bits per heavy atom. The Hall–Kier alpha value is -1.82. The third-order valence-electron chi connectivity index (χ3n) is 3.19. The molecule has 1 aliphatic rings. The van der Waals surface area contributed by atoms with Crippen LogP contribution in [0.25, 0.3) is 0 Å². The molecular weight excluding hydrogens is 272 g/mol. The standard InChI is InChI=1S/C15H22N2O4/c1-15(2,3)21-14(19)17-7-6-11(10-17)16-9-12(18)13-5-4-8-20-13/h4-5,8,11,16H,6-7,9-10H2,1-3H3. The van der Waals surface area contributed by atoms with Crippen LogP contribution in [0.15, 0.2) is 22.8 Å². The zero-order valence-corrected chi connectivity index (χ0v) is 12.7. The summed E-state index contributed by atoms with van der Waals surface area (Å²) in [5.74, 6) is 0.264. The van der Waals surface area contributed by atoms with E-state index in [4.69, 9.17) is 9.15 Å². The number of likely N-dealkylation sites (tertiary alicyclic amines) is 1. The van der Waals surface area contributed by atoms with Crippen molar-refractivity contribution in [2.24, 2.45) is 0 Å². The molecule has 1 amide bonds. The van der Waals surface area contributed by atoms with Gasteiger partial charge in [-0.15, -0.1) is 0 Å². The van der Waals surface area contributed by atoms with E-state index in [1.807, 2.05) is 20.8 Å². The Labute approximate surface area is 124 Å². The summed E-state index contributed by atoms with van der Waals surface area (Å²) >= 11 is 0. The van der Waals surface area contributed by atoms with Gasteiger partial charge in [-0.2, -0.15) is 0 Å². The fraction of sp³-hybridized carbons (Fsp3) is 0.600. The lowest BCUT2D eigenvalue weighted by atomic mass is 10.2. The summed E-state index contributed by atoms with van der Waals surface area (Å²) in [7, 11) is 0. The normalized spacial score (nSPS) is 18.8. The molecule has 2 rings (SSSR count). The first-order valence-electron chi connectivity index (χ1n) is 7.13. The molecule has 1 fully saturated rings. The van der Waals surface area contributed by atoms with Gasteiger partial charge < -0.3 is 19.4 Å². The molecule has 2 heterocycles. The average molecular weight is 294 g/mol. The molecule has 0 radical (unpaired) electrons. The maximum absolute atomic E-state index is 11.9. The van der Waals surface area contributed by atoms with Gasteiger partial charge in [0.15, 0.2) is 5.76 Å². The number of Topliss-reactive ketones (excluding diaryl/α,β-unsaturated/α-hetero) is 1. The van der Waals surface area contributed by atoms with Gasteiger partial charge >= 0.3 is 6.09 Å². The van der Waals surface area contributed by atoms with Crippen LogP contribution in [-0.2, 0) is 4.74 Å². The largest absolute Gasteiger partial charge is 0.461 e. The van der Waals surface area contributed by atoms with Crippen molar-refractivity contribution < 1.29 is 18.7 Å². The van der Waals surface area contributed by atoms with Crippen molar-refractivity contribution in [1.29, 1.82) is 0 Å². The van der Waals surface area contributed by atoms with Crippen LogP contribution in [0.3, 0.4) is 0 Å². The summed E-state index contributed by atoms with van der Waals surface area (Å²) in [5, 5.41) is 3.16. The number of hydrogen-bond donors (Lipinski definition) is 1. The second-order valence-electron chi connectivity index (χ2n) is 6.19. The van der Waals surface area contributed by atoms with Gasteiger partial charge in [0, 0.05) is 19.1 Å². The highest BCUT2D eigenvalue weighted by molar-refractivity contribution is 5.95. The van der Waals surface area contributed by atoms with Gasteiger partial charge in [0.05, 0.1) is 12.8 Å². The average Bonchev–Trinajstić information content (AvgIpc) is 3.05. The minimum Gasteiger partial charge on any atom is -0.461 e. The molecule has 21 heavy (non-hydrogen) atoms. The Balaban J connectivity index is 1.75. The number of nitrogens with zero attached hydrogens (tertiary/aromatic N) is 1. The Bertz CT molecular complexity index is 490. The van der Waals surface area contributed by atoms with Crippen LogP contribution < -0.4 is 5.32 Å². The van der Waals surface area contributed by atoms with Crippen LogP contribution in [-0.4, -0.2) is 48.1 Å². The summed E-state index contributed by atoms with van der Waals surface area (Å²) in [5.41, 5.74) is -0.488. The van der Waals surface area contributed by atoms with Crippen LogP contribution in [0.1, 0.15) is 37.7 Å². The van der Waals surface area contributed by atoms with E-state index in [0.717, 1.165) is 6.42 Å². The minimum atomic E-state index is -0.488. The summed E-state index contributed by atoms with van der Waals surface area (Å²) < 4.78 is 10.4. The van der Waals surface area contributed by atoms with Crippen molar-refractivity contribution in [1.82, 2.24) is 10.2 Å². The van der Waals surface area contributed by atoms with Crippen molar-refractivity contribution in [2.75, 3.05) is 19.6 Å². The van der Waals surface area contributed by atoms with Crippen molar-refractivity contribution >= 4 is 11.9 Å². The molecule has 0 spiro atoms. The third-order valence-corrected chi connectivity index (χ3v) is 3.19. The molecule has 0 aliphatic carbocycles. The van der Waals surface area contributed by atoms with E-state index in [1.165, 1.54) is 6.26 Å². The van der Waals surface area contributed by atoms with Gasteiger partial charge in [0.25, 0.3) is 0 Å². The molecule has 1 saturated heterocycles. The zero-order chi connectivity index (χ0) is 15.5. The molecule has 0 bridgehead atoms. The highest BCUT2D eigenvalue weighted by Gasteiger charge is 2.29. The lowest BCUT2D eigenvalue weighted by Gasteiger charge is -2.24. The highest BCUT2D eigenvalue weighted by atomic mass is 16.6. The summed E-state index contributed by atoms with van der Waals surface area (Å²) in [6.07, 6.45) is 1.99. The summed E-state index contributed by atoms with van der Waals surface area (Å²) in [4.78, 5) is 25.4. The Morgan fingerprint density at radius 1 is 1.48 bits per heavy atom. The predicted molar refractivity (Wildman–Crippen MR) is 77.3 cm³/mol. The number of amides is 1. The van der Waals surface area contributed by atoms with E-state index in [9.17, 15) is 9.59 Å². The molecular formula is C15H22N2O4. The number of carbonyl (C=O) groups excluding carboxylic acids is 2. The van der Waals surface area contributed by atoms with Crippen LogP contribution in [0.2, 0.25) is 0 Å². The number of ether oxygens (including phenoxy) is 1. The van der Waals surface area contributed by atoms with Crippen molar-refractivity contribution in [3.63, 3.8) is 0 Å².